The second-order valence-electron chi connectivity index (χ2n) is 6.40. The normalized spacial score (nSPS) is 16.0. The molecule has 3 heterocycles. The Morgan fingerprint density at radius 3 is 2.79 bits per heavy atom. The average Bonchev–Trinajstić information content (AvgIpc) is 3.43. The third-order valence-corrected chi connectivity index (χ3v) is 5.60. The van der Waals surface area contributed by atoms with Crippen LogP contribution in [0.1, 0.15) is 23.8 Å². The average molecular weight is 409 g/mol. The number of carbonyl (C=O) groups excluding carboxylic acids is 1. The van der Waals surface area contributed by atoms with E-state index in [0.717, 1.165) is 21.8 Å². The number of benzene rings is 1. The molecule has 0 saturated carbocycles. The van der Waals surface area contributed by atoms with Crippen molar-refractivity contribution in [3.05, 3.63) is 83.6 Å². The molecule has 1 aliphatic rings. The third kappa shape index (κ3) is 4.12. The van der Waals surface area contributed by atoms with Crippen LogP contribution in [0.25, 0.3) is 0 Å². The van der Waals surface area contributed by atoms with Crippen molar-refractivity contribution in [2.75, 3.05) is 12.9 Å². The lowest BCUT2D eigenvalue weighted by Crippen LogP contribution is -2.31. The fourth-order valence-electron chi connectivity index (χ4n) is 3.13. The summed E-state index contributed by atoms with van der Waals surface area (Å²) >= 11 is 1.19. The van der Waals surface area contributed by atoms with Crippen LogP contribution in [0.3, 0.4) is 0 Å². The summed E-state index contributed by atoms with van der Waals surface area (Å²) in [6.45, 7) is 0. The molecule has 4 rings (SSSR count). The molecule has 0 spiro atoms. The number of hydrazone groups is 1. The molecular formula is C21H19N3O4S. The van der Waals surface area contributed by atoms with E-state index in [1.807, 2.05) is 30.3 Å². The van der Waals surface area contributed by atoms with Gasteiger partial charge < -0.3 is 14.4 Å². The lowest BCUT2D eigenvalue weighted by atomic mass is 10.0. The van der Waals surface area contributed by atoms with E-state index in [-0.39, 0.29) is 17.7 Å². The summed E-state index contributed by atoms with van der Waals surface area (Å²) in [5.41, 5.74) is 1.72. The van der Waals surface area contributed by atoms with Crippen LogP contribution >= 0.6 is 11.8 Å². The number of carbonyl (C=O) groups is 1. The smallest absolute Gasteiger partial charge is 0.253 e. The molecule has 29 heavy (non-hydrogen) atoms. The minimum Gasteiger partial charge on any atom is -0.618 e. The van der Waals surface area contributed by atoms with E-state index in [9.17, 15) is 10.0 Å². The van der Waals surface area contributed by atoms with Crippen molar-refractivity contribution in [2.45, 2.75) is 17.5 Å². The summed E-state index contributed by atoms with van der Waals surface area (Å²) in [4.78, 5) is 12.9. The Bertz CT molecular complexity index is 1020. The molecule has 1 amide bonds. The van der Waals surface area contributed by atoms with Crippen LogP contribution in [0.15, 0.2) is 81.6 Å². The monoisotopic (exact) mass is 409 g/mol. The highest BCUT2D eigenvalue weighted by atomic mass is 32.2. The highest BCUT2D eigenvalue weighted by Crippen LogP contribution is 2.34. The first-order valence-corrected chi connectivity index (χ1v) is 10.0. The van der Waals surface area contributed by atoms with Gasteiger partial charge in [0.25, 0.3) is 10.9 Å². The molecular weight excluding hydrogens is 390 g/mol. The van der Waals surface area contributed by atoms with Crippen LogP contribution in [0.5, 0.6) is 5.75 Å². The SMILES string of the molecule is COc1ccc(C2=NN(C(=O)CSc3cccc[n+]3[O-])[C@H](c3ccco3)C2)cc1. The number of methoxy groups -OCH3 is 1. The number of hydrogen-bond acceptors (Lipinski definition) is 6. The number of ether oxygens (including phenoxy) is 1. The maximum Gasteiger partial charge on any atom is 0.253 e. The first kappa shape index (κ1) is 19.1. The third-order valence-electron chi connectivity index (χ3n) is 4.59. The van der Waals surface area contributed by atoms with Crippen LogP contribution in [-0.2, 0) is 4.79 Å². The van der Waals surface area contributed by atoms with Gasteiger partial charge in [0, 0.05) is 18.6 Å². The van der Waals surface area contributed by atoms with E-state index in [1.54, 1.807) is 37.6 Å². The number of aromatic nitrogens is 1. The molecule has 1 atom stereocenters. The highest BCUT2D eigenvalue weighted by molar-refractivity contribution is 7.99. The van der Waals surface area contributed by atoms with Crippen molar-refractivity contribution in [3.63, 3.8) is 0 Å². The van der Waals surface area contributed by atoms with Crippen LogP contribution in [-0.4, -0.2) is 29.5 Å². The van der Waals surface area contributed by atoms with Gasteiger partial charge in [0.1, 0.15) is 17.6 Å². The fraction of sp³-hybridized carbons (Fsp3) is 0.190. The van der Waals surface area contributed by atoms with Crippen molar-refractivity contribution >= 4 is 23.4 Å². The van der Waals surface area contributed by atoms with Crippen molar-refractivity contribution in [3.8, 4) is 5.75 Å². The topological polar surface area (TPSA) is 82.0 Å². The van der Waals surface area contributed by atoms with E-state index in [0.29, 0.717) is 17.2 Å². The summed E-state index contributed by atoms with van der Waals surface area (Å²) in [6.07, 6.45) is 3.54. The summed E-state index contributed by atoms with van der Waals surface area (Å²) in [5, 5.41) is 18.3. The van der Waals surface area contributed by atoms with Gasteiger partial charge in [-0.25, -0.2) is 5.01 Å². The number of hydrogen-bond donors (Lipinski definition) is 0. The zero-order valence-corrected chi connectivity index (χ0v) is 16.5. The summed E-state index contributed by atoms with van der Waals surface area (Å²) < 4.78 is 11.5. The van der Waals surface area contributed by atoms with Crippen LogP contribution in [0.4, 0.5) is 0 Å². The number of furan rings is 1. The highest BCUT2D eigenvalue weighted by Gasteiger charge is 2.35. The summed E-state index contributed by atoms with van der Waals surface area (Å²) in [5.74, 6) is 1.34. The molecule has 148 valence electrons. The quantitative estimate of drug-likeness (QED) is 0.354. The zero-order chi connectivity index (χ0) is 20.2. The maximum absolute atomic E-state index is 12.9. The summed E-state index contributed by atoms with van der Waals surface area (Å²) in [7, 11) is 1.62. The van der Waals surface area contributed by atoms with Gasteiger partial charge in [0.15, 0.2) is 6.20 Å². The molecule has 1 aliphatic heterocycles. The van der Waals surface area contributed by atoms with E-state index in [4.69, 9.17) is 9.15 Å². The number of pyridine rings is 1. The first-order chi connectivity index (χ1) is 14.2. The largest absolute Gasteiger partial charge is 0.618 e. The van der Waals surface area contributed by atoms with Crippen molar-refractivity contribution in [1.29, 1.82) is 0 Å². The van der Waals surface area contributed by atoms with Gasteiger partial charge in [-0.05, 0) is 59.8 Å². The molecule has 0 unspecified atom stereocenters. The van der Waals surface area contributed by atoms with Gasteiger partial charge in [-0.1, -0.05) is 0 Å². The standard InChI is InChI=1S/C21H19N3O4S/c1-27-16-9-7-15(8-10-16)17-13-18(19-5-4-12-28-19)24(22-17)20(25)14-29-21-6-2-3-11-23(21)26/h2-12,18H,13-14H2,1H3/t18-/m0/s1. The molecule has 0 bridgehead atoms. The molecule has 0 fully saturated rings. The molecule has 1 aromatic carbocycles. The van der Waals surface area contributed by atoms with E-state index < -0.39 is 0 Å². The van der Waals surface area contributed by atoms with Gasteiger partial charge in [-0.15, -0.1) is 0 Å². The second kappa shape index (κ2) is 8.40. The molecule has 0 saturated heterocycles. The Hall–Kier alpha value is -3.26. The van der Waals surface area contributed by atoms with E-state index >= 15 is 0 Å². The van der Waals surface area contributed by atoms with Gasteiger partial charge >= 0.3 is 0 Å². The lowest BCUT2D eigenvalue weighted by Gasteiger charge is -2.19. The van der Waals surface area contributed by atoms with Gasteiger partial charge in [-0.2, -0.15) is 9.83 Å². The molecule has 0 aliphatic carbocycles. The fourth-order valence-corrected chi connectivity index (χ4v) is 3.89. The number of amides is 1. The molecule has 7 nitrogen and oxygen atoms in total. The Morgan fingerprint density at radius 1 is 1.28 bits per heavy atom. The van der Waals surface area contributed by atoms with E-state index in [2.05, 4.69) is 5.10 Å². The predicted octanol–water partition coefficient (Wildman–Crippen LogP) is 3.39. The number of thioether (sulfide) groups is 1. The lowest BCUT2D eigenvalue weighted by molar-refractivity contribution is -0.645. The van der Waals surface area contributed by atoms with Gasteiger partial charge in [-0.3, -0.25) is 4.79 Å². The summed E-state index contributed by atoms with van der Waals surface area (Å²) in [6, 6.07) is 16.0. The minimum absolute atomic E-state index is 0.100. The molecule has 2 aromatic heterocycles. The number of nitrogens with zero attached hydrogens (tertiary/aromatic N) is 3. The Balaban J connectivity index is 1.55. The van der Waals surface area contributed by atoms with Crippen LogP contribution in [0.2, 0.25) is 0 Å². The Morgan fingerprint density at radius 2 is 2.10 bits per heavy atom. The van der Waals surface area contributed by atoms with Crippen LogP contribution < -0.4 is 9.47 Å². The molecule has 0 N–H and O–H groups in total. The van der Waals surface area contributed by atoms with Crippen molar-refractivity contribution in [1.82, 2.24) is 5.01 Å². The van der Waals surface area contributed by atoms with Gasteiger partial charge in [0.2, 0.25) is 0 Å². The van der Waals surface area contributed by atoms with Crippen molar-refractivity contribution in [2.24, 2.45) is 5.10 Å². The minimum atomic E-state index is -0.314. The molecule has 3 aromatic rings. The van der Waals surface area contributed by atoms with Gasteiger partial charge in [0.05, 0.1) is 24.8 Å². The zero-order valence-electron chi connectivity index (χ0n) is 15.7. The molecule has 0 radical (unpaired) electrons. The van der Waals surface area contributed by atoms with Crippen molar-refractivity contribution < 1.29 is 18.7 Å². The van der Waals surface area contributed by atoms with E-state index in [1.165, 1.54) is 23.0 Å². The molecule has 8 heteroatoms. The number of rotatable bonds is 6. The van der Waals surface area contributed by atoms with Crippen LogP contribution in [0, 0.1) is 5.21 Å². The Labute approximate surface area is 172 Å². The second-order valence-corrected chi connectivity index (χ2v) is 7.40. The maximum atomic E-state index is 12.9. The first-order valence-electron chi connectivity index (χ1n) is 9.04. The predicted molar refractivity (Wildman–Crippen MR) is 109 cm³/mol. The Kier molecular flexibility index (Phi) is 5.53.